The monoisotopic (exact) mass is 324 g/mol. The van der Waals surface area contributed by atoms with Crippen LogP contribution in [0.1, 0.15) is 28.8 Å². The van der Waals surface area contributed by atoms with Crippen molar-refractivity contribution < 1.29 is 5.11 Å². The number of aromatic hydroxyl groups is 1. The molecule has 1 aliphatic carbocycles. The predicted octanol–water partition coefficient (Wildman–Crippen LogP) is 3.72. The Bertz CT molecular complexity index is 887. The van der Waals surface area contributed by atoms with Crippen LogP contribution in [-0.4, -0.2) is 21.3 Å². The molecule has 0 unspecified atom stereocenters. The first-order valence-electron chi connectivity index (χ1n) is 7.65. The van der Waals surface area contributed by atoms with Crippen molar-refractivity contribution in [3.63, 3.8) is 0 Å². The molecule has 0 bridgehead atoms. The summed E-state index contributed by atoms with van der Waals surface area (Å²) in [7, 11) is 0. The highest BCUT2D eigenvalue weighted by Crippen LogP contribution is 2.38. The molecule has 23 heavy (non-hydrogen) atoms. The number of phenolic OH excluding ortho intramolecular Hbond substituents is 1. The van der Waals surface area contributed by atoms with Crippen LogP contribution in [0.5, 0.6) is 5.75 Å². The summed E-state index contributed by atoms with van der Waals surface area (Å²) in [5.41, 5.74) is 5.05. The number of hydrazone groups is 1. The van der Waals surface area contributed by atoms with Crippen molar-refractivity contribution >= 4 is 33.6 Å². The fourth-order valence-electron chi connectivity index (χ4n) is 2.93. The van der Waals surface area contributed by atoms with Gasteiger partial charge in [-0.3, -0.25) is 5.43 Å². The van der Waals surface area contributed by atoms with Crippen LogP contribution < -0.4 is 5.43 Å². The van der Waals surface area contributed by atoms with Crippen molar-refractivity contribution in [2.75, 3.05) is 5.43 Å². The lowest BCUT2D eigenvalue weighted by Gasteiger charge is -2.11. The molecule has 0 saturated carbocycles. The molecule has 2 aromatic heterocycles. The fraction of sp³-hybridized carbons (Fsp3) is 0.235. The molecule has 4 rings (SSSR count). The first kappa shape index (κ1) is 14.1. The Morgan fingerprint density at radius 2 is 2.04 bits per heavy atom. The van der Waals surface area contributed by atoms with E-state index in [-0.39, 0.29) is 5.75 Å². The smallest absolute Gasteiger partial charge is 0.158 e. The zero-order valence-electron chi connectivity index (χ0n) is 12.5. The second-order valence-electron chi connectivity index (χ2n) is 5.54. The van der Waals surface area contributed by atoms with E-state index in [1.165, 1.54) is 23.3 Å². The quantitative estimate of drug-likeness (QED) is 0.569. The Hall–Kier alpha value is -2.47. The van der Waals surface area contributed by atoms with E-state index < -0.39 is 0 Å². The molecule has 2 N–H and O–H groups in total. The van der Waals surface area contributed by atoms with Crippen LogP contribution in [0.25, 0.3) is 10.2 Å². The zero-order valence-corrected chi connectivity index (χ0v) is 13.3. The molecule has 0 atom stereocenters. The molecular formula is C17H16N4OS. The summed E-state index contributed by atoms with van der Waals surface area (Å²) < 4.78 is 0. The maximum atomic E-state index is 9.76. The molecular weight excluding hydrogens is 308 g/mol. The number of aryl methyl sites for hydroxylation is 2. The average molecular weight is 324 g/mol. The minimum Gasteiger partial charge on any atom is -0.507 e. The highest BCUT2D eigenvalue weighted by Gasteiger charge is 2.19. The number of aromatic nitrogens is 2. The maximum Gasteiger partial charge on any atom is 0.158 e. The number of fused-ring (bicyclic) bond motifs is 3. The van der Waals surface area contributed by atoms with Gasteiger partial charge in [0.05, 0.1) is 11.6 Å². The van der Waals surface area contributed by atoms with Gasteiger partial charge in [-0.05, 0) is 43.4 Å². The average Bonchev–Trinajstić information content (AvgIpc) is 2.96. The van der Waals surface area contributed by atoms with E-state index in [9.17, 15) is 5.11 Å². The number of phenols is 1. The van der Waals surface area contributed by atoms with E-state index >= 15 is 0 Å². The molecule has 0 spiro atoms. The Morgan fingerprint density at radius 1 is 1.17 bits per heavy atom. The lowest BCUT2D eigenvalue weighted by molar-refractivity contribution is 0.474. The fourth-order valence-corrected chi connectivity index (χ4v) is 4.16. The number of hydrogen-bond acceptors (Lipinski definition) is 6. The first-order valence-corrected chi connectivity index (χ1v) is 8.47. The highest BCUT2D eigenvalue weighted by atomic mass is 32.1. The zero-order chi connectivity index (χ0) is 15.6. The summed E-state index contributed by atoms with van der Waals surface area (Å²) in [5, 5.41) is 15.1. The normalized spacial score (nSPS) is 14.3. The third kappa shape index (κ3) is 2.66. The maximum absolute atomic E-state index is 9.76. The number of thiophene rings is 1. The summed E-state index contributed by atoms with van der Waals surface area (Å²) in [4.78, 5) is 11.2. The van der Waals surface area contributed by atoms with Gasteiger partial charge in [-0.15, -0.1) is 11.3 Å². The molecule has 1 aliphatic rings. The van der Waals surface area contributed by atoms with E-state index in [4.69, 9.17) is 0 Å². The number of nitrogens with one attached hydrogen (secondary N) is 1. The Kier molecular flexibility index (Phi) is 3.67. The van der Waals surface area contributed by atoms with Crippen LogP contribution in [0.15, 0.2) is 35.7 Å². The van der Waals surface area contributed by atoms with Gasteiger partial charge < -0.3 is 5.11 Å². The van der Waals surface area contributed by atoms with Crippen molar-refractivity contribution in [3.05, 3.63) is 46.6 Å². The SMILES string of the molecule is Oc1ccccc1/C=N/Nc1ncnc2sc3c(c12)CCCC3. The summed E-state index contributed by atoms with van der Waals surface area (Å²) in [6.45, 7) is 0. The molecule has 5 nitrogen and oxygen atoms in total. The third-order valence-corrected chi connectivity index (χ3v) is 5.26. The molecule has 0 fully saturated rings. The van der Waals surface area contributed by atoms with Gasteiger partial charge in [-0.2, -0.15) is 5.10 Å². The molecule has 0 radical (unpaired) electrons. The molecule has 116 valence electrons. The van der Waals surface area contributed by atoms with Crippen molar-refractivity contribution in [1.29, 1.82) is 0 Å². The molecule has 1 aromatic carbocycles. The van der Waals surface area contributed by atoms with Crippen molar-refractivity contribution in [3.8, 4) is 5.75 Å². The van der Waals surface area contributed by atoms with E-state index in [0.717, 1.165) is 28.9 Å². The standard InChI is InChI=1S/C17H16N4OS/c22-13-7-3-1-5-11(13)9-20-21-16-15-12-6-2-4-8-14(12)23-17(15)19-10-18-16/h1,3,5,7,9-10,22H,2,4,6,8H2,(H,18,19,21)/b20-9+. The largest absolute Gasteiger partial charge is 0.507 e. The van der Waals surface area contributed by atoms with Crippen LogP contribution in [0.4, 0.5) is 5.82 Å². The van der Waals surface area contributed by atoms with Gasteiger partial charge in [0.1, 0.15) is 16.9 Å². The number of hydrogen-bond donors (Lipinski definition) is 2. The minimum atomic E-state index is 0.207. The van der Waals surface area contributed by atoms with Gasteiger partial charge in [0.2, 0.25) is 0 Å². The summed E-state index contributed by atoms with van der Waals surface area (Å²) in [6.07, 6.45) is 7.86. The van der Waals surface area contributed by atoms with Gasteiger partial charge >= 0.3 is 0 Å². The lowest BCUT2D eigenvalue weighted by atomic mass is 9.97. The van der Waals surface area contributed by atoms with Gasteiger partial charge in [0.15, 0.2) is 5.82 Å². The van der Waals surface area contributed by atoms with E-state index in [1.54, 1.807) is 36.0 Å². The molecule has 0 aliphatic heterocycles. The molecule has 0 amide bonds. The number of nitrogens with zero attached hydrogens (tertiary/aromatic N) is 3. The Labute approximate surface area is 137 Å². The van der Waals surface area contributed by atoms with Gasteiger partial charge in [0.25, 0.3) is 0 Å². The van der Waals surface area contributed by atoms with Crippen molar-refractivity contribution in [2.24, 2.45) is 5.10 Å². The minimum absolute atomic E-state index is 0.207. The van der Waals surface area contributed by atoms with Crippen molar-refractivity contribution in [2.45, 2.75) is 25.7 Å². The first-order chi connectivity index (χ1) is 11.3. The highest BCUT2D eigenvalue weighted by molar-refractivity contribution is 7.19. The second-order valence-corrected chi connectivity index (χ2v) is 6.63. The topological polar surface area (TPSA) is 70.4 Å². The molecule has 0 saturated heterocycles. The Balaban J connectivity index is 1.67. The summed E-state index contributed by atoms with van der Waals surface area (Å²) in [6, 6.07) is 7.09. The van der Waals surface area contributed by atoms with Crippen LogP contribution in [-0.2, 0) is 12.8 Å². The predicted molar refractivity (Wildman–Crippen MR) is 93.4 cm³/mol. The summed E-state index contributed by atoms with van der Waals surface area (Å²) in [5.74, 6) is 0.944. The molecule has 2 heterocycles. The van der Waals surface area contributed by atoms with Crippen molar-refractivity contribution in [1.82, 2.24) is 9.97 Å². The number of benzene rings is 1. The molecule has 3 aromatic rings. The lowest BCUT2D eigenvalue weighted by Crippen LogP contribution is -2.00. The summed E-state index contributed by atoms with van der Waals surface area (Å²) >= 11 is 1.76. The van der Waals surface area contributed by atoms with E-state index in [2.05, 4.69) is 20.5 Å². The molecule has 6 heteroatoms. The number of rotatable bonds is 3. The van der Waals surface area contributed by atoms with Gasteiger partial charge in [0, 0.05) is 10.4 Å². The van der Waals surface area contributed by atoms with E-state index in [0.29, 0.717) is 5.56 Å². The van der Waals surface area contributed by atoms with Crippen LogP contribution >= 0.6 is 11.3 Å². The Morgan fingerprint density at radius 3 is 2.96 bits per heavy atom. The van der Waals surface area contributed by atoms with Crippen LogP contribution in [0, 0.1) is 0 Å². The third-order valence-electron chi connectivity index (χ3n) is 4.06. The number of anilines is 1. The van der Waals surface area contributed by atoms with Crippen LogP contribution in [0.2, 0.25) is 0 Å². The van der Waals surface area contributed by atoms with E-state index in [1.807, 2.05) is 12.1 Å². The van der Waals surface area contributed by atoms with Crippen LogP contribution in [0.3, 0.4) is 0 Å². The number of para-hydroxylation sites is 1. The van der Waals surface area contributed by atoms with Gasteiger partial charge in [-0.1, -0.05) is 12.1 Å². The van der Waals surface area contributed by atoms with Gasteiger partial charge in [-0.25, -0.2) is 9.97 Å². The second kappa shape index (κ2) is 5.96.